The fourth-order valence-corrected chi connectivity index (χ4v) is 1.97. The molecule has 0 saturated heterocycles. The van der Waals surface area contributed by atoms with Crippen LogP contribution in [0.2, 0.25) is 0 Å². The van der Waals surface area contributed by atoms with Crippen LogP contribution >= 0.6 is 0 Å². The number of nitrogens with one attached hydrogen (secondary N) is 1. The Labute approximate surface area is 112 Å². The minimum atomic E-state index is -0.409. The van der Waals surface area contributed by atoms with E-state index in [0.29, 0.717) is 29.5 Å². The van der Waals surface area contributed by atoms with Crippen molar-refractivity contribution >= 4 is 5.91 Å². The highest BCUT2D eigenvalue weighted by atomic mass is 19.1. The highest BCUT2D eigenvalue weighted by Crippen LogP contribution is 2.36. The minimum Gasteiger partial charge on any atom is -0.352 e. The zero-order valence-electron chi connectivity index (χ0n) is 10.9. The van der Waals surface area contributed by atoms with Crippen LogP contribution in [-0.4, -0.2) is 19.0 Å². The van der Waals surface area contributed by atoms with E-state index >= 15 is 0 Å². The summed E-state index contributed by atoms with van der Waals surface area (Å²) in [5.41, 5.74) is 6.07. The Morgan fingerprint density at radius 3 is 2.95 bits per heavy atom. The Morgan fingerprint density at radius 1 is 1.58 bits per heavy atom. The second kappa shape index (κ2) is 5.85. The van der Waals surface area contributed by atoms with Gasteiger partial charge in [0.15, 0.2) is 0 Å². The second-order valence-electron chi connectivity index (χ2n) is 4.88. The van der Waals surface area contributed by atoms with E-state index in [4.69, 9.17) is 5.73 Å². The lowest BCUT2D eigenvalue weighted by atomic mass is 10.1. The first-order valence-corrected chi connectivity index (χ1v) is 6.38. The van der Waals surface area contributed by atoms with Gasteiger partial charge in [-0.1, -0.05) is 18.8 Å². The van der Waals surface area contributed by atoms with Crippen molar-refractivity contribution in [2.75, 3.05) is 13.1 Å². The summed E-state index contributed by atoms with van der Waals surface area (Å²) in [6, 6.07) is 3.99. The van der Waals surface area contributed by atoms with E-state index in [0.717, 1.165) is 6.42 Å². The third-order valence-electron chi connectivity index (χ3n) is 3.35. The molecule has 2 rings (SSSR count). The van der Waals surface area contributed by atoms with Crippen LogP contribution < -0.4 is 11.1 Å². The van der Waals surface area contributed by atoms with E-state index in [1.165, 1.54) is 18.2 Å². The Kier molecular flexibility index (Phi) is 4.18. The summed E-state index contributed by atoms with van der Waals surface area (Å²) in [6.07, 6.45) is 1.16. The number of halogens is 1. The van der Waals surface area contributed by atoms with Gasteiger partial charge in [0.25, 0.3) is 5.91 Å². The van der Waals surface area contributed by atoms with Crippen LogP contribution in [0.3, 0.4) is 0 Å². The summed E-state index contributed by atoms with van der Waals surface area (Å²) in [4.78, 5) is 12.0. The SMILES string of the molecule is CC1CC1CNC(=O)c1ccc(F)cc1C#CCN. The smallest absolute Gasteiger partial charge is 0.252 e. The molecule has 1 aliphatic rings. The first-order valence-electron chi connectivity index (χ1n) is 6.38. The molecule has 0 aliphatic heterocycles. The van der Waals surface area contributed by atoms with Gasteiger partial charge in [-0.05, 0) is 36.5 Å². The first kappa shape index (κ1) is 13.6. The lowest BCUT2D eigenvalue weighted by Gasteiger charge is -2.06. The molecular weight excluding hydrogens is 243 g/mol. The van der Waals surface area contributed by atoms with Gasteiger partial charge in [-0.25, -0.2) is 4.39 Å². The van der Waals surface area contributed by atoms with E-state index in [9.17, 15) is 9.18 Å². The molecule has 1 aromatic rings. The highest BCUT2D eigenvalue weighted by Gasteiger charge is 2.32. The Hall–Kier alpha value is -1.86. The van der Waals surface area contributed by atoms with Gasteiger partial charge in [-0.2, -0.15) is 0 Å². The zero-order valence-corrected chi connectivity index (χ0v) is 10.9. The molecule has 100 valence electrons. The normalized spacial score (nSPS) is 20.4. The highest BCUT2D eigenvalue weighted by molar-refractivity contribution is 5.96. The Bertz CT molecular complexity index is 545. The molecule has 3 nitrogen and oxygen atoms in total. The van der Waals surface area contributed by atoms with Crippen molar-refractivity contribution < 1.29 is 9.18 Å². The number of hydrogen-bond donors (Lipinski definition) is 2. The summed E-state index contributed by atoms with van der Waals surface area (Å²) in [5, 5.41) is 2.87. The lowest BCUT2D eigenvalue weighted by molar-refractivity contribution is 0.0951. The van der Waals surface area contributed by atoms with Crippen molar-refractivity contribution in [2.45, 2.75) is 13.3 Å². The van der Waals surface area contributed by atoms with Gasteiger partial charge in [-0.3, -0.25) is 4.79 Å². The predicted octanol–water partition coefficient (Wildman–Crippen LogP) is 1.52. The van der Waals surface area contributed by atoms with Crippen LogP contribution in [-0.2, 0) is 0 Å². The maximum absolute atomic E-state index is 13.2. The maximum Gasteiger partial charge on any atom is 0.252 e. The number of carbonyl (C=O) groups is 1. The van der Waals surface area contributed by atoms with Crippen LogP contribution in [0, 0.1) is 29.5 Å². The summed E-state index contributed by atoms with van der Waals surface area (Å²) in [6.45, 7) is 3.01. The second-order valence-corrected chi connectivity index (χ2v) is 4.88. The topological polar surface area (TPSA) is 55.1 Å². The fraction of sp³-hybridized carbons (Fsp3) is 0.400. The molecule has 2 atom stereocenters. The minimum absolute atomic E-state index is 0.178. The molecule has 0 radical (unpaired) electrons. The quantitative estimate of drug-likeness (QED) is 0.810. The van der Waals surface area contributed by atoms with Crippen molar-refractivity contribution in [3.05, 3.63) is 35.1 Å². The molecule has 19 heavy (non-hydrogen) atoms. The summed E-state index contributed by atoms with van der Waals surface area (Å²) in [7, 11) is 0. The van der Waals surface area contributed by atoms with Crippen LogP contribution in [0.15, 0.2) is 18.2 Å². The number of amides is 1. The molecule has 1 aromatic carbocycles. The predicted molar refractivity (Wildman–Crippen MR) is 71.9 cm³/mol. The van der Waals surface area contributed by atoms with Crippen molar-refractivity contribution in [1.29, 1.82) is 0 Å². The molecule has 0 heterocycles. The van der Waals surface area contributed by atoms with Gasteiger partial charge < -0.3 is 11.1 Å². The summed E-state index contributed by atoms with van der Waals surface area (Å²) >= 11 is 0. The van der Waals surface area contributed by atoms with Gasteiger partial charge in [0.1, 0.15) is 5.82 Å². The average molecular weight is 260 g/mol. The van der Waals surface area contributed by atoms with Crippen molar-refractivity contribution in [3.63, 3.8) is 0 Å². The molecule has 3 N–H and O–H groups in total. The van der Waals surface area contributed by atoms with Crippen molar-refractivity contribution in [3.8, 4) is 11.8 Å². The molecule has 1 amide bonds. The van der Waals surface area contributed by atoms with E-state index in [1.807, 2.05) is 0 Å². The van der Waals surface area contributed by atoms with Gasteiger partial charge in [0.05, 0.1) is 12.1 Å². The van der Waals surface area contributed by atoms with Gasteiger partial charge in [0, 0.05) is 12.1 Å². The molecule has 0 spiro atoms. The molecule has 1 fully saturated rings. The first-order chi connectivity index (χ1) is 9.11. The maximum atomic E-state index is 13.2. The largest absolute Gasteiger partial charge is 0.352 e. The van der Waals surface area contributed by atoms with Crippen LogP contribution in [0.4, 0.5) is 4.39 Å². The van der Waals surface area contributed by atoms with Crippen molar-refractivity contribution in [1.82, 2.24) is 5.32 Å². The molecule has 0 bridgehead atoms. The average Bonchev–Trinajstić information content (AvgIpc) is 3.09. The van der Waals surface area contributed by atoms with E-state index in [1.54, 1.807) is 0 Å². The number of hydrogen-bond acceptors (Lipinski definition) is 2. The number of nitrogens with two attached hydrogens (primary N) is 1. The van der Waals surface area contributed by atoms with Crippen LogP contribution in [0.25, 0.3) is 0 Å². The molecule has 0 aromatic heterocycles. The third-order valence-corrected chi connectivity index (χ3v) is 3.35. The van der Waals surface area contributed by atoms with Gasteiger partial charge in [-0.15, -0.1) is 0 Å². The van der Waals surface area contributed by atoms with E-state index < -0.39 is 5.82 Å². The monoisotopic (exact) mass is 260 g/mol. The van der Waals surface area contributed by atoms with E-state index in [2.05, 4.69) is 24.1 Å². The standard InChI is InChI=1S/C15H17FN2O/c1-10-7-12(10)9-18-15(19)14-5-4-13(16)8-11(14)3-2-6-17/h4-5,8,10,12H,6-7,9,17H2,1H3,(H,18,19). The Morgan fingerprint density at radius 2 is 2.32 bits per heavy atom. The summed E-state index contributed by atoms with van der Waals surface area (Å²) in [5.74, 6) is 6.01. The molecule has 2 unspecified atom stereocenters. The zero-order chi connectivity index (χ0) is 13.8. The number of benzene rings is 1. The van der Waals surface area contributed by atoms with Crippen LogP contribution in [0.1, 0.15) is 29.3 Å². The summed E-state index contributed by atoms with van der Waals surface area (Å²) < 4.78 is 13.2. The fourth-order valence-electron chi connectivity index (χ4n) is 1.97. The number of rotatable bonds is 3. The van der Waals surface area contributed by atoms with Gasteiger partial charge >= 0.3 is 0 Å². The van der Waals surface area contributed by atoms with E-state index in [-0.39, 0.29) is 12.5 Å². The van der Waals surface area contributed by atoms with Gasteiger partial charge in [0.2, 0.25) is 0 Å². The number of carbonyl (C=O) groups excluding carboxylic acids is 1. The Balaban J connectivity index is 2.10. The van der Waals surface area contributed by atoms with Crippen LogP contribution in [0.5, 0.6) is 0 Å². The third kappa shape index (κ3) is 3.55. The molecule has 1 saturated carbocycles. The molecule has 4 heteroatoms. The molecule has 1 aliphatic carbocycles. The van der Waals surface area contributed by atoms with Crippen molar-refractivity contribution in [2.24, 2.45) is 17.6 Å². The lowest BCUT2D eigenvalue weighted by Crippen LogP contribution is -2.26. The molecular formula is C15H17FN2O.